The second kappa shape index (κ2) is 4.32. The number of fused-ring (bicyclic) bond motifs is 1. The molecule has 1 heterocycles. The van der Waals surface area contributed by atoms with Crippen molar-refractivity contribution in [1.82, 2.24) is 9.55 Å². The van der Waals surface area contributed by atoms with Gasteiger partial charge in [-0.3, -0.25) is 4.57 Å². The Kier molecular flexibility index (Phi) is 2.73. The number of nitrogens with zero attached hydrogens (tertiary/aromatic N) is 2. The second-order valence-corrected chi connectivity index (χ2v) is 5.93. The van der Waals surface area contributed by atoms with E-state index in [1.54, 1.807) is 17.0 Å². The maximum absolute atomic E-state index is 11.3. The summed E-state index contributed by atoms with van der Waals surface area (Å²) < 4.78 is 24.4. The highest BCUT2D eigenvalue weighted by atomic mass is 32.2. The lowest BCUT2D eigenvalue weighted by Crippen LogP contribution is -2.13. The van der Waals surface area contributed by atoms with Crippen molar-refractivity contribution in [3.63, 3.8) is 0 Å². The van der Waals surface area contributed by atoms with Crippen molar-refractivity contribution in [2.75, 3.05) is 5.73 Å². The topological polar surface area (TPSA) is 104 Å². The van der Waals surface area contributed by atoms with E-state index in [1.807, 2.05) is 24.3 Å². The summed E-state index contributed by atoms with van der Waals surface area (Å²) in [5, 5.41) is 5.08. The van der Waals surface area contributed by atoms with Crippen molar-refractivity contribution < 1.29 is 8.42 Å². The Labute approximate surface area is 115 Å². The van der Waals surface area contributed by atoms with Crippen LogP contribution in [-0.2, 0) is 10.0 Å². The van der Waals surface area contributed by atoms with Crippen LogP contribution in [0.2, 0.25) is 0 Å². The number of sulfonamides is 1. The molecule has 0 amide bonds. The molecule has 0 fully saturated rings. The van der Waals surface area contributed by atoms with Crippen LogP contribution in [0.5, 0.6) is 0 Å². The fourth-order valence-corrected chi connectivity index (χ4v) is 2.63. The normalized spacial score (nSPS) is 11.8. The maximum atomic E-state index is 11.3. The number of nitrogen functional groups attached to an aromatic ring is 1. The number of hydrogen-bond acceptors (Lipinski definition) is 4. The molecule has 0 aliphatic heterocycles. The Hall–Kier alpha value is -2.38. The van der Waals surface area contributed by atoms with E-state index in [0.717, 1.165) is 11.0 Å². The van der Waals surface area contributed by atoms with Gasteiger partial charge in [0.15, 0.2) is 0 Å². The highest BCUT2D eigenvalue weighted by Crippen LogP contribution is 2.24. The smallest absolute Gasteiger partial charge is 0.238 e. The Morgan fingerprint density at radius 3 is 2.55 bits per heavy atom. The fraction of sp³-hybridized carbons (Fsp3) is 0. The van der Waals surface area contributed by atoms with E-state index in [-0.39, 0.29) is 4.90 Å². The van der Waals surface area contributed by atoms with Gasteiger partial charge in [0.1, 0.15) is 6.33 Å². The van der Waals surface area contributed by atoms with Gasteiger partial charge < -0.3 is 5.73 Å². The first-order valence-electron chi connectivity index (χ1n) is 5.81. The van der Waals surface area contributed by atoms with Gasteiger partial charge in [-0.1, -0.05) is 12.1 Å². The molecule has 3 aromatic rings. The molecule has 0 spiro atoms. The minimum absolute atomic E-state index is 0.0110. The van der Waals surface area contributed by atoms with Gasteiger partial charge in [0, 0.05) is 0 Å². The summed E-state index contributed by atoms with van der Waals surface area (Å²) in [4.78, 5) is 4.26. The van der Waals surface area contributed by atoms with Crippen molar-refractivity contribution in [1.29, 1.82) is 0 Å². The molecular formula is C13H12N4O2S. The highest BCUT2D eigenvalue weighted by Gasteiger charge is 2.12. The molecule has 0 saturated heterocycles. The van der Waals surface area contributed by atoms with Gasteiger partial charge >= 0.3 is 0 Å². The van der Waals surface area contributed by atoms with Gasteiger partial charge in [-0.15, -0.1) is 0 Å². The molecule has 4 N–H and O–H groups in total. The molecule has 6 nitrogen and oxygen atoms in total. The number of primary sulfonamides is 1. The number of nitrogens with two attached hydrogens (primary N) is 2. The van der Waals surface area contributed by atoms with E-state index >= 15 is 0 Å². The van der Waals surface area contributed by atoms with Crippen LogP contribution in [0.15, 0.2) is 53.7 Å². The molecule has 102 valence electrons. The van der Waals surface area contributed by atoms with Gasteiger partial charge in [0.05, 0.1) is 27.3 Å². The predicted octanol–water partition coefficient (Wildman–Crippen LogP) is 1.26. The Bertz CT molecular complexity index is 900. The third-order valence-corrected chi connectivity index (χ3v) is 3.95. The molecule has 3 rings (SSSR count). The van der Waals surface area contributed by atoms with E-state index in [4.69, 9.17) is 10.9 Å². The summed E-state index contributed by atoms with van der Waals surface area (Å²) in [6.45, 7) is 0. The summed E-state index contributed by atoms with van der Waals surface area (Å²) in [6, 6.07) is 12.0. The van der Waals surface area contributed by atoms with Crippen LogP contribution in [0.1, 0.15) is 0 Å². The van der Waals surface area contributed by atoms with Crippen LogP contribution < -0.4 is 10.9 Å². The lowest BCUT2D eigenvalue weighted by atomic mass is 10.2. The molecule has 0 bridgehead atoms. The lowest BCUT2D eigenvalue weighted by Gasteiger charge is -2.09. The third kappa shape index (κ3) is 2.02. The summed E-state index contributed by atoms with van der Waals surface area (Å²) in [5.74, 6) is 0. The number of para-hydroxylation sites is 2. The first-order valence-corrected chi connectivity index (χ1v) is 7.36. The quantitative estimate of drug-likeness (QED) is 0.692. The molecule has 0 radical (unpaired) electrons. The highest BCUT2D eigenvalue weighted by molar-refractivity contribution is 7.89. The van der Waals surface area contributed by atoms with Gasteiger partial charge in [0.2, 0.25) is 10.0 Å². The van der Waals surface area contributed by atoms with E-state index < -0.39 is 10.0 Å². The lowest BCUT2D eigenvalue weighted by molar-refractivity contribution is 0.598. The van der Waals surface area contributed by atoms with Crippen molar-refractivity contribution >= 4 is 26.7 Å². The molecule has 0 atom stereocenters. The molecule has 7 heteroatoms. The molecule has 1 aromatic heterocycles. The third-order valence-electron chi connectivity index (χ3n) is 3.04. The van der Waals surface area contributed by atoms with Crippen LogP contribution in [-0.4, -0.2) is 18.0 Å². The molecule has 0 aliphatic rings. The van der Waals surface area contributed by atoms with E-state index in [9.17, 15) is 8.42 Å². The fourth-order valence-electron chi connectivity index (χ4n) is 2.08. The van der Waals surface area contributed by atoms with Gasteiger partial charge in [0.25, 0.3) is 0 Å². The van der Waals surface area contributed by atoms with Crippen LogP contribution in [0.4, 0.5) is 5.69 Å². The number of imidazole rings is 1. The van der Waals surface area contributed by atoms with Gasteiger partial charge in [-0.25, -0.2) is 18.5 Å². The zero-order chi connectivity index (χ0) is 14.3. The monoisotopic (exact) mass is 288 g/mol. The summed E-state index contributed by atoms with van der Waals surface area (Å²) in [6.07, 6.45) is 1.65. The number of anilines is 1. The van der Waals surface area contributed by atoms with Crippen molar-refractivity contribution in [3.05, 3.63) is 48.8 Å². The maximum Gasteiger partial charge on any atom is 0.238 e. The van der Waals surface area contributed by atoms with Crippen molar-refractivity contribution in [2.45, 2.75) is 4.90 Å². The molecule has 0 aliphatic carbocycles. The minimum Gasteiger partial charge on any atom is -0.397 e. The summed E-state index contributed by atoms with van der Waals surface area (Å²) in [5.41, 5.74) is 8.64. The van der Waals surface area contributed by atoms with Crippen molar-refractivity contribution in [3.8, 4) is 5.69 Å². The summed E-state index contributed by atoms with van der Waals surface area (Å²) in [7, 11) is -3.76. The standard InChI is InChI=1S/C13H12N4O2S/c14-10-7-9(20(15,18)19)5-6-12(10)17-8-16-11-3-1-2-4-13(11)17/h1-8H,14H2,(H2,15,18,19). The second-order valence-electron chi connectivity index (χ2n) is 4.37. The molecule has 20 heavy (non-hydrogen) atoms. The van der Waals surface area contributed by atoms with E-state index in [2.05, 4.69) is 4.98 Å². The average molecular weight is 288 g/mol. The largest absolute Gasteiger partial charge is 0.397 e. The van der Waals surface area contributed by atoms with Crippen LogP contribution in [0.25, 0.3) is 16.7 Å². The molecule has 0 unspecified atom stereocenters. The van der Waals surface area contributed by atoms with Crippen LogP contribution >= 0.6 is 0 Å². The molecule has 0 saturated carbocycles. The predicted molar refractivity (Wildman–Crippen MR) is 76.9 cm³/mol. The zero-order valence-electron chi connectivity index (χ0n) is 10.4. The molecular weight excluding hydrogens is 276 g/mol. The van der Waals surface area contributed by atoms with Gasteiger partial charge in [-0.05, 0) is 30.3 Å². The van der Waals surface area contributed by atoms with Gasteiger partial charge in [-0.2, -0.15) is 0 Å². The number of aromatic nitrogens is 2. The van der Waals surface area contributed by atoms with Crippen LogP contribution in [0, 0.1) is 0 Å². The Balaban J connectivity index is 2.21. The first kappa shape index (κ1) is 12.6. The minimum atomic E-state index is -3.76. The summed E-state index contributed by atoms with van der Waals surface area (Å²) >= 11 is 0. The van der Waals surface area contributed by atoms with Crippen LogP contribution in [0.3, 0.4) is 0 Å². The average Bonchev–Trinajstić information content (AvgIpc) is 2.81. The SMILES string of the molecule is Nc1cc(S(N)(=O)=O)ccc1-n1cnc2ccccc21. The molecule has 2 aromatic carbocycles. The van der Waals surface area contributed by atoms with Crippen molar-refractivity contribution in [2.24, 2.45) is 5.14 Å². The Morgan fingerprint density at radius 1 is 1.10 bits per heavy atom. The number of benzene rings is 2. The first-order chi connectivity index (χ1) is 9.47. The van der Waals surface area contributed by atoms with E-state index in [0.29, 0.717) is 11.4 Å². The zero-order valence-corrected chi connectivity index (χ0v) is 11.2. The number of rotatable bonds is 2. The van der Waals surface area contributed by atoms with E-state index in [1.165, 1.54) is 12.1 Å². The number of hydrogen-bond donors (Lipinski definition) is 2. The Morgan fingerprint density at radius 2 is 1.85 bits per heavy atom.